The lowest BCUT2D eigenvalue weighted by molar-refractivity contribution is -0.140. The number of halogens is 1. The van der Waals surface area contributed by atoms with Crippen molar-refractivity contribution in [1.29, 1.82) is 0 Å². The molecule has 1 aliphatic carbocycles. The highest BCUT2D eigenvalue weighted by Gasteiger charge is 2.33. The van der Waals surface area contributed by atoms with Crippen molar-refractivity contribution >= 4 is 23.4 Å². The Hall–Kier alpha value is -2.03. The number of ether oxygens (including phenoxy) is 3. The van der Waals surface area contributed by atoms with Crippen LogP contribution in [0.15, 0.2) is 18.2 Å². The van der Waals surface area contributed by atoms with Crippen molar-refractivity contribution in [1.82, 2.24) is 15.1 Å². The molecule has 1 N–H and O–H groups in total. The molecule has 1 aliphatic heterocycles. The molecule has 196 valence electrons. The third kappa shape index (κ3) is 7.98. The lowest BCUT2D eigenvalue weighted by Crippen LogP contribution is -2.50. The van der Waals surface area contributed by atoms with Gasteiger partial charge in [-0.15, -0.1) is 11.6 Å². The Morgan fingerprint density at radius 2 is 1.94 bits per heavy atom. The maximum Gasteiger partial charge on any atom is 0.247 e. The molecular weight excluding hydrogens is 470 g/mol. The normalized spacial score (nSPS) is 18.0. The third-order valence-electron chi connectivity index (χ3n) is 6.67. The number of rotatable bonds is 12. The predicted octanol–water partition coefficient (Wildman–Crippen LogP) is 3.37. The van der Waals surface area contributed by atoms with E-state index in [0.29, 0.717) is 50.0 Å². The van der Waals surface area contributed by atoms with Crippen LogP contribution in [0.5, 0.6) is 11.5 Å². The van der Waals surface area contributed by atoms with Crippen LogP contribution in [0.2, 0.25) is 0 Å². The molecule has 9 heteroatoms. The van der Waals surface area contributed by atoms with Crippen molar-refractivity contribution in [2.24, 2.45) is 0 Å². The molecule has 2 aliphatic rings. The summed E-state index contributed by atoms with van der Waals surface area (Å²) < 4.78 is 16.8. The molecule has 2 amide bonds. The lowest BCUT2D eigenvalue weighted by Gasteiger charge is -2.35. The van der Waals surface area contributed by atoms with Crippen LogP contribution in [0.4, 0.5) is 0 Å². The maximum atomic E-state index is 13.7. The topological polar surface area (TPSA) is 80.3 Å². The van der Waals surface area contributed by atoms with Crippen molar-refractivity contribution in [3.63, 3.8) is 0 Å². The summed E-state index contributed by atoms with van der Waals surface area (Å²) in [5.41, 5.74) is 0.680. The Balaban J connectivity index is 1.89. The summed E-state index contributed by atoms with van der Waals surface area (Å²) in [6.07, 6.45) is 6.20. The zero-order chi connectivity index (χ0) is 25.0. The number of carbonyl (C=O) groups excluding carboxylic acids is 2. The summed E-state index contributed by atoms with van der Waals surface area (Å²) in [5.74, 6) is 0.520. The molecular formula is C26H40ClN3O5. The fraction of sp³-hybridized carbons (Fsp3) is 0.692. The van der Waals surface area contributed by atoms with E-state index >= 15 is 0 Å². The van der Waals surface area contributed by atoms with E-state index < -0.39 is 6.04 Å². The summed E-state index contributed by atoms with van der Waals surface area (Å²) in [6, 6.07) is 4.79. The number of methoxy groups -OCH3 is 1. The van der Waals surface area contributed by atoms with E-state index in [0.717, 1.165) is 45.2 Å². The molecule has 2 fully saturated rings. The van der Waals surface area contributed by atoms with E-state index in [4.69, 9.17) is 25.8 Å². The number of nitrogens with zero attached hydrogens (tertiary/aromatic N) is 2. The van der Waals surface area contributed by atoms with E-state index in [1.807, 2.05) is 19.1 Å². The number of amides is 2. The molecule has 1 aromatic rings. The number of morpholine rings is 1. The molecule has 1 saturated heterocycles. The minimum atomic E-state index is -0.807. The molecule has 35 heavy (non-hydrogen) atoms. The summed E-state index contributed by atoms with van der Waals surface area (Å²) in [4.78, 5) is 30.7. The van der Waals surface area contributed by atoms with E-state index in [1.54, 1.807) is 18.1 Å². The van der Waals surface area contributed by atoms with Gasteiger partial charge in [0.2, 0.25) is 11.8 Å². The van der Waals surface area contributed by atoms with E-state index in [-0.39, 0.29) is 23.7 Å². The fourth-order valence-corrected chi connectivity index (χ4v) is 4.89. The van der Waals surface area contributed by atoms with Gasteiger partial charge in [0.25, 0.3) is 0 Å². The molecule has 0 bridgehead atoms. The standard InChI is InChI=1S/C26H40ClN3O5/c1-3-15-35-22-10-9-20(18-23(22)33-2)25(26(32)28-21-7-5-4-6-8-21)30(24(31)19-27)12-11-29-13-16-34-17-14-29/h9-10,18,21,25H,3-8,11-17,19H2,1-2H3,(H,28,32)/t25-/m0/s1. The van der Waals surface area contributed by atoms with Gasteiger partial charge in [-0.3, -0.25) is 14.5 Å². The summed E-state index contributed by atoms with van der Waals surface area (Å²) >= 11 is 6.04. The van der Waals surface area contributed by atoms with Crippen LogP contribution < -0.4 is 14.8 Å². The summed E-state index contributed by atoms with van der Waals surface area (Å²) in [7, 11) is 1.58. The molecule has 8 nitrogen and oxygen atoms in total. The van der Waals surface area contributed by atoms with Crippen LogP contribution in [0.1, 0.15) is 57.1 Å². The largest absolute Gasteiger partial charge is 0.493 e. The first kappa shape index (κ1) is 27.6. The van der Waals surface area contributed by atoms with Crippen LogP contribution in [-0.2, 0) is 14.3 Å². The Morgan fingerprint density at radius 3 is 2.60 bits per heavy atom. The van der Waals surface area contributed by atoms with Gasteiger partial charge in [0.1, 0.15) is 11.9 Å². The number of carbonyl (C=O) groups is 2. The summed E-state index contributed by atoms with van der Waals surface area (Å²) in [5, 5.41) is 3.22. The third-order valence-corrected chi connectivity index (χ3v) is 6.90. The highest BCUT2D eigenvalue weighted by Crippen LogP contribution is 2.33. The first-order valence-corrected chi connectivity index (χ1v) is 13.4. The predicted molar refractivity (Wildman–Crippen MR) is 136 cm³/mol. The SMILES string of the molecule is CCCOc1ccc([C@@H](C(=O)NC2CCCCC2)N(CCN2CCOCC2)C(=O)CCl)cc1OC. The molecule has 0 aromatic heterocycles. The average Bonchev–Trinajstić information content (AvgIpc) is 2.90. The number of benzene rings is 1. The van der Waals surface area contributed by atoms with Gasteiger partial charge in [0.05, 0.1) is 26.9 Å². The van der Waals surface area contributed by atoms with Crippen molar-refractivity contribution in [3.05, 3.63) is 23.8 Å². The van der Waals surface area contributed by atoms with Gasteiger partial charge in [-0.25, -0.2) is 0 Å². The van der Waals surface area contributed by atoms with Crippen molar-refractivity contribution in [2.75, 3.05) is 59.0 Å². The Labute approximate surface area is 214 Å². The number of hydrogen-bond donors (Lipinski definition) is 1. The zero-order valence-corrected chi connectivity index (χ0v) is 21.9. The number of hydrogen-bond acceptors (Lipinski definition) is 6. The molecule has 1 saturated carbocycles. The molecule has 1 atom stereocenters. The van der Waals surface area contributed by atoms with Crippen LogP contribution in [0.3, 0.4) is 0 Å². The minimum Gasteiger partial charge on any atom is -0.493 e. The monoisotopic (exact) mass is 509 g/mol. The highest BCUT2D eigenvalue weighted by molar-refractivity contribution is 6.27. The number of nitrogens with one attached hydrogen (secondary N) is 1. The summed E-state index contributed by atoms with van der Waals surface area (Å²) in [6.45, 7) is 6.60. The zero-order valence-electron chi connectivity index (χ0n) is 21.1. The molecule has 0 unspecified atom stereocenters. The maximum absolute atomic E-state index is 13.7. The van der Waals surface area contributed by atoms with Gasteiger partial charge in [-0.2, -0.15) is 0 Å². The lowest BCUT2D eigenvalue weighted by atomic mass is 9.94. The quantitative estimate of drug-likeness (QED) is 0.435. The fourth-order valence-electron chi connectivity index (χ4n) is 4.73. The van der Waals surface area contributed by atoms with Crippen molar-refractivity contribution < 1.29 is 23.8 Å². The van der Waals surface area contributed by atoms with E-state index in [9.17, 15) is 9.59 Å². The molecule has 3 rings (SSSR count). The van der Waals surface area contributed by atoms with Gasteiger partial charge in [0, 0.05) is 32.2 Å². The molecule has 1 aromatic carbocycles. The Morgan fingerprint density at radius 1 is 1.20 bits per heavy atom. The van der Waals surface area contributed by atoms with Crippen LogP contribution >= 0.6 is 11.6 Å². The Kier molecular flexibility index (Phi) is 11.4. The van der Waals surface area contributed by atoms with Gasteiger partial charge < -0.3 is 24.4 Å². The number of alkyl halides is 1. The highest BCUT2D eigenvalue weighted by atomic mass is 35.5. The molecule has 1 heterocycles. The van der Waals surface area contributed by atoms with Gasteiger partial charge in [-0.05, 0) is 37.0 Å². The van der Waals surface area contributed by atoms with E-state index in [1.165, 1.54) is 6.42 Å². The van der Waals surface area contributed by atoms with Crippen LogP contribution in [0, 0.1) is 0 Å². The smallest absolute Gasteiger partial charge is 0.247 e. The first-order valence-electron chi connectivity index (χ1n) is 12.8. The van der Waals surface area contributed by atoms with E-state index in [2.05, 4.69) is 10.2 Å². The second-order valence-corrected chi connectivity index (χ2v) is 9.45. The first-order chi connectivity index (χ1) is 17.1. The van der Waals surface area contributed by atoms with Gasteiger partial charge >= 0.3 is 0 Å². The molecule has 0 spiro atoms. The van der Waals surface area contributed by atoms with Gasteiger partial charge in [0.15, 0.2) is 11.5 Å². The van der Waals surface area contributed by atoms with Crippen LogP contribution in [0.25, 0.3) is 0 Å². The molecule has 0 radical (unpaired) electrons. The Bertz CT molecular complexity index is 812. The van der Waals surface area contributed by atoms with Crippen LogP contribution in [-0.4, -0.2) is 86.6 Å². The minimum absolute atomic E-state index is 0.125. The van der Waals surface area contributed by atoms with Gasteiger partial charge in [-0.1, -0.05) is 32.3 Å². The average molecular weight is 510 g/mol. The van der Waals surface area contributed by atoms with Crippen molar-refractivity contribution in [3.8, 4) is 11.5 Å². The second-order valence-electron chi connectivity index (χ2n) is 9.18. The van der Waals surface area contributed by atoms with Crippen molar-refractivity contribution in [2.45, 2.75) is 57.5 Å². The second kappa shape index (κ2) is 14.5.